The summed E-state index contributed by atoms with van der Waals surface area (Å²) in [5.41, 5.74) is -0.0200. The number of aromatic nitrogens is 3. The maximum Gasteiger partial charge on any atom is 0.269 e. The van der Waals surface area contributed by atoms with Crippen molar-refractivity contribution in [1.82, 2.24) is 15.0 Å². The summed E-state index contributed by atoms with van der Waals surface area (Å²) in [6.45, 7) is 2.42. The number of H-pyrrole nitrogens is 1. The Hall–Kier alpha value is -2.68. The van der Waals surface area contributed by atoms with Gasteiger partial charge < -0.3 is 9.72 Å². The summed E-state index contributed by atoms with van der Waals surface area (Å²) in [5.74, 6) is 0.954. The van der Waals surface area contributed by atoms with E-state index < -0.39 is 5.56 Å². The third-order valence-corrected chi connectivity index (χ3v) is 2.20. The molecular weight excluding hydrogens is 232 g/mol. The van der Waals surface area contributed by atoms with Crippen LogP contribution >= 0.6 is 0 Å². The number of pyridine rings is 1. The Morgan fingerprint density at radius 2 is 2.33 bits per heavy atom. The molecule has 0 radical (unpaired) electrons. The summed E-state index contributed by atoms with van der Waals surface area (Å²) in [6.07, 6.45) is 2.79. The molecule has 0 aliphatic carbocycles. The van der Waals surface area contributed by atoms with Crippen LogP contribution in [0.25, 0.3) is 11.5 Å². The largest absolute Gasteiger partial charge is 0.494 e. The van der Waals surface area contributed by atoms with Crippen molar-refractivity contribution in [1.29, 1.82) is 5.26 Å². The third kappa shape index (κ3) is 2.35. The summed E-state index contributed by atoms with van der Waals surface area (Å²) >= 11 is 0. The lowest BCUT2D eigenvalue weighted by molar-refractivity contribution is 0.340. The smallest absolute Gasteiger partial charge is 0.269 e. The van der Waals surface area contributed by atoms with Gasteiger partial charge in [0, 0.05) is 12.3 Å². The molecule has 0 aliphatic heterocycles. The third-order valence-electron chi connectivity index (χ3n) is 2.20. The Kier molecular flexibility index (Phi) is 3.34. The Morgan fingerprint density at radius 3 is 3.00 bits per heavy atom. The van der Waals surface area contributed by atoms with Gasteiger partial charge >= 0.3 is 0 Å². The highest BCUT2D eigenvalue weighted by molar-refractivity contribution is 5.51. The zero-order valence-electron chi connectivity index (χ0n) is 9.67. The number of rotatable bonds is 3. The number of hydrogen-bond acceptors (Lipinski definition) is 5. The van der Waals surface area contributed by atoms with Crippen molar-refractivity contribution in [3.05, 3.63) is 40.4 Å². The molecule has 1 N–H and O–H groups in total. The minimum atomic E-state index is -0.480. The van der Waals surface area contributed by atoms with Gasteiger partial charge in [-0.3, -0.25) is 9.78 Å². The fourth-order valence-corrected chi connectivity index (χ4v) is 1.40. The van der Waals surface area contributed by atoms with Crippen LogP contribution in [0.1, 0.15) is 12.5 Å². The summed E-state index contributed by atoms with van der Waals surface area (Å²) < 4.78 is 5.33. The minimum Gasteiger partial charge on any atom is -0.494 e. The van der Waals surface area contributed by atoms with Gasteiger partial charge in [-0.25, -0.2) is 4.98 Å². The fourth-order valence-electron chi connectivity index (χ4n) is 1.40. The zero-order chi connectivity index (χ0) is 13.0. The van der Waals surface area contributed by atoms with Crippen molar-refractivity contribution in [2.45, 2.75) is 6.92 Å². The molecular formula is C12H10N4O2. The first-order valence-electron chi connectivity index (χ1n) is 5.33. The lowest BCUT2D eigenvalue weighted by Gasteiger charge is -2.04. The van der Waals surface area contributed by atoms with E-state index in [9.17, 15) is 4.79 Å². The summed E-state index contributed by atoms with van der Waals surface area (Å²) in [7, 11) is 0. The van der Waals surface area contributed by atoms with Crippen LogP contribution in [0.3, 0.4) is 0 Å². The SMILES string of the molecule is CCOc1ccnc(-c2ncc(C#N)c(=O)[nH]2)c1. The van der Waals surface area contributed by atoms with Gasteiger partial charge in [-0.05, 0) is 13.0 Å². The first-order chi connectivity index (χ1) is 8.74. The highest BCUT2D eigenvalue weighted by atomic mass is 16.5. The van der Waals surface area contributed by atoms with E-state index in [1.807, 2.05) is 6.92 Å². The quantitative estimate of drug-likeness (QED) is 0.870. The van der Waals surface area contributed by atoms with Crippen LogP contribution in [0.4, 0.5) is 0 Å². The molecule has 0 bridgehead atoms. The predicted molar refractivity (Wildman–Crippen MR) is 64.0 cm³/mol. The molecule has 18 heavy (non-hydrogen) atoms. The number of aromatic amines is 1. The first kappa shape index (κ1) is 11.8. The van der Waals surface area contributed by atoms with Crippen molar-refractivity contribution in [3.63, 3.8) is 0 Å². The average molecular weight is 242 g/mol. The molecule has 2 rings (SSSR count). The highest BCUT2D eigenvalue weighted by Crippen LogP contribution is 2.17. The number of ether oxygens (including phenoxy) is 1. The van der Waals surface area contributed by atoms with Crippen LogP contribution in [-0.4, -0.2) is 21.6 Å². The van der Waals surface area contributed by atoms with Gasteiger partial charge in [0.15, 0.2) is 5.82 Å². The number of nitrogens with zero attached hydrogens (tertiary/aromatic N) is 3. The lowest BCUT2D eigenvalue weighted by atomic mass is 10.3. The van der Waals surface area contributed by atoms with Crippen LogP contribution in [0.15, 0.2) is 29.3 Å². The maximum absolute atomic E-state index is 11.5. The number of hydrogen-bond donors (Lipinski definition) is 1. The Morgan fingerprint density at radius 1 is 1.50 bits per heavy atom. The molecule has 6 nitrogen and oxygen atoms in total. The van der Waals surface area contributed by atoms with Crippen molar-refractivity contribution in [2.75, 3.05) is 6.61 Å². The van der Waals surface area contributed by atoms with Crippen molar-refractivity contribution in [3.8, 4) is 23.3 Å². The van der Waals surface area contributed by atoms with Crippen LogP contribution < -0.4 is 10.3 Å². The molecule has 0 unspecified atom stereocenters. The second-order valence-electron chi connectivity index (χ2n) is 3.40. The topological polar surface area (TPSA) is 91.7 Å². The van der Waals surface area contributed by atoms with E-state index in [0.717, 1.165) is 0 Å². The van der Waals surface area contributed by atoms with E-state index >= 15 is 0 Å². The Bertz CT molecular complexity index is 658. The summed E-state index contributed by atoms with van der Waals surface area (Å²) in [4.78, 5) is 22.1. The van der Waals surface area contributed by atoms with Crippen LogP contribution in [0, 0.1) is 11.3 Å². The van der Waals surface area contributed by atoms with Crippen molar-refractivity contribution < 1.29 is 4.74 Å². The number of nitriles is 1. The van der Waals surface area contributed by atoms with Gasteiger partial charge in [0.05, 0.1) is 12.8 Å². The van der Waals surface area contributed by atoms with E-state index in [-0.39, 0.29) is 5.56 Å². The summed E-state index contributed by atoms with van der Waals surface area (Å²) in [6, 6.07) is 5.15. The van der Waals surface area contributed by atoms with Gasteiger partial charge in [0.1, 0.15) is 23.1 Å². The highest BCUT2D eigenvalue weighted by Gasteiger charge is 2.06. The van der Waals surface area contributed by atoms with Crippen LogP contribution in [0.5, 0.6) is 5.75 Å². The van der Waals surface area contributed by atoms with Gasteiger partial charge in [-0.2, -0.15) is 5.26 Å². The van der Waals surface area contributed by atoms with E-state index in [1.165, 1.54) is 6.20 Å². The molecule has 0 amide bonds. The first-order valence-corrected chi connectivity index (χ1v) is 5.33. The standard InChI is InChI=1S/C12H10N4O2/c1-2-18-9-3-4-14-10(5-9)11-15-7-8(6-13)12(17)16-11/h3-5,7H,2H2,1H3,(H,15,16,17). The fraction of sp³-hybridized carbons (Fsp3) is 0.167. The lowest BCUT2D eigenvalue weighted by Crippen LogP contribution is -2.12. The molecule has 2 aromatic rings. The van der Waals surface area contributed by atoms with Gasteiger partial charge in [0.25, 0.3) is 5.56 Å². The van der Waals surface area contributed by atoms with Gasteiger partial charge in [-0.1, -0.05) is 0 Å². The second-order valence-corrected chi connectivity index (χ2v) is 3.40. The molecule has 0 saturated heterocycles. The van der Waals surface area contributed by atoms with E-state index in [0.29, 0.717) is 23.9 Å². The van der Waals surface area contributed by atoms with Crippen LogP contribution in [0.2, 0.25) is 0 Å². The predicted octanol–water partition coefficient (Wildman–Crippen LogP) is 1.10. The molecule has 2 aromatic heterocycles. The maximum atomic E-state index is 11.5. The van der Waals surface area contributed by atoms with E-state index in [2.05, 4.69) is 15.0 Å². The molecule has 0 saturated carbocycles. The Balaban J connectivity index is 2.43. The molecule has 0 atom stereocenters. The molecule has 0 fully saturated rings. The van der Waals surface area contributed by atoms with E-state index in [1.54, 1.807) is 24.4 Å². The average Bonchev–Trinajstić information content (AvgIpc) is 2.39. The van der Waals surface area contributed by atoms with Gasteiger partial charge in [0.2, 0.25) is 0 Å². The Labute approximate surface area is 103 Å². The minimum absolute atomic E-state index is 0.0280. The summed E-state index contributed by atoms with van der Waals surface area (Å²) in [5, 5.41) is 8.65. The zero-order valence-corrected chi connectivity index (χ0v) is 9.67. The normalized spacial score (nSPS) is 9.78. The monoisotopic (exact) mass is 242 g/mol. The second kappa shape index (κ2) is 5.10. The molecule has 0 aromatic carbocycles. The number of nitrogens with one attached hydrogen (secondary N) is 1. The van der Waals surface area contributed by atoms with Gasteiger partial charge in [-0.15, -0.1) is 0 Å². The molecule has 6 heteroatoms. The van der Waals surface area contributed by atoms with Crippen molar-refractivity contribution >= 4 is 0 Å². The van der Waals surface area contributed by atoms with E-state index in [4.69, 9.17) is 10.00 Å². The van der Waals surface area contributed by atoms with Crippen molar-refractivity contribution in [2.24, 2.45) is 0 Å². The molecule has 2 heterocycles. The van der Waals surface area contributed by atoms with Crippen LogP contribution in [-0.2, 0) is 0 Å². The molecule has 0 spiro atoms. The molecule has 90 valence electrons. The molecule has 0 aliphatic rings.